The minimum atomic E-state index is -4.46. The normalized spacial score (nSPS) is 14.1. The molecular weight excluding hydrogens is 273 g/mol. The van der Waals surface area contributed by atoms with E-state index >= 15 is 0 Å². The van der Waals surface area contributed by atoms with E-state index in [0.717, 1.165) is 11.8 Å². The maximum atomic E-state index is 11.8. The van der Waals surface area contributed by atoms with Crippen molar-refractivity contribution in [1.29, 1.82) is 0 Å². The van der Waals surface area contributed by atoms with Gasteiger partial charge in [-0.1, -0.05) is 0 Å². The Morgan fingerprint density at radius 3 is 2.28 bits per heavy atom. The second kappa shape index (κ2) is 6.28. The van der Waals surface area contributed by atoms with Crippen molar-refractivity contribution in [3.63, 3.8) is 0 Å². The highest BCUT2D eigenvalue weighted by molar-refractivity contribution is 8.01. The zero-order valence-electron chi connectivity index (χ0n) is 9.87. The summed E-state index contributed by atoms with van der Waals surface area (Å²) in [5.74, 6) is -2.34. The third-order valence-electron chi connectivity index (χ3n) is 2.08. The lowest BCUT2D eigenvalue weighted by Gasteiger charge is -2.27. The number of carboxylic acids is 1. The van der Waals surface area contributed by atoms with Gasteiger partial charge in [0.1, 0.15) is 12.6 Å². The first-order valence-electron chi connectivity index (χ1n) is 4.91. The highest BCUT2D eigenvalue weighted by atomic mass is 32.2. The molecule has 0 aromatic rings. The molecule has 0 aromatic carbocycles. The second-order valence-electron chi connectivity index (χ2n) is 4.10. The molecule has 9 heteroatoms. The van der Waals surface area contributed by atoms with Gasteiger partial charge in [0.2, 0.25) is 5.91 Å². The summed E-state index contributed by atoms with van der Waals surface area (Å²) in [6.07, 6.45) is -4.46. The molecule has 5 nitrogen and oxygen atoms in total. The van der Waals surface area contributed by atoms with E-state index in [1.807, 2.05) is 0 Å². The minimum absolute atomic E-state index is 0.288. The first-order valence-corrected chi connectivity index (χ1v) is 5.90. The van der Waals surface area contributed by atoms with Gasteiger partial charge in [-0.25, -0.2) is 0 Å². The van der Waals surface area contributed by atoms with Crippen LogP contribution in [0.25, 0.3) is 0 Å². The van der Waals surface area contributed by atoms with E-state index in [1.54, 1.807) is 5.32 Å². The topological polar surface area (TPSA) is 92.4 Å². The third-order valence-corrected chi connectivity index (χ3v) is 3.48. The van der Waals surface area contributed by atoms with Crippen LogP contribution < -0.4 is 11.1 Å². The largest absolute Gasteiger partial charge is 0.480 e. The molecule has 0 aromatic heterocycles. The fourth-order valence-corrected chi connectivity index (χ4v) is 1.77. The number of alkyl halides is 3. The number of carboxylic acid groups (broad SMARTS) is 1. The molecule has 0 rings (SSSR count). The van der Waals surface area contributed by atoms with Gasteiger partial charge in [-0.2, -0.15) is 13.2 Å². The summed E-state index contributed by atoms with van der Waals surface area (Å²) in [5.41, 5.74) is 5.39. The first kappa shape index (κ1) is 17.0. The number of carbonyl (C=O) groups is 2. The number of carbonyl (C=O) groups excluding carboxylic acids is 1. The zero-order chi connectivity index (χ0) is 14.6. The van der Waals surface area contributed by atoms with E-state index in [1.165, 1.54) is 13.8 Å². The van der Waals surface area contributed by atoms with Gasteiger partial charge < -0.3 is 16.2 Å². The van der Waals surface area contributed by atoms with E-state index in [0.29, 0.717) is 0 Å². The van der Waals surface area contributed by atoms with Crippen LogP contribution in [0.4, 0.5) is 13.2 Å². The van der Waals surface area contributed by atoms with Crippen molar-refractivity contribution in [2.24, 2.45) is 5.73 Å². The Balaban J connectivity index is 4.16. The third kappa shape index (κ3) is 6.70. The second-order valence-corrected chi connectivity index (χ2v) is 5.73. The quantitative estimate of drug-likeness (QED) is 0.665. The maximum Gasteiger partial charge on any atom is 0.405 e. The van der Waals surface area contributed by atoms with Crippen LogP contribution in [0.2, 0.25) is 0 Å². The first-order chi connectivity index (χ1) is 7.96. The van der Waals surface area contributed by atoms with Crippen molar-refractivity contribution in [3.8, 4) is 0 Å². The highest BCUT2D eigenvalue weighted by Gasteiger charge is 2.33. The van der Waals surface area contributed by atoms with Crippen molar-refractivity contribution >= 4 is 23.6 Å². The average Bonchev–Trinajstić information content (AvgIpc) is 2.21. The van der Waals surface area contributed by atoms with Gasteiger partial charge >= 0.3 is 12.1 Å². The molecule has 1 atom stereocenters. The standard InChI is InChI=1S/C9H15F3N2O3S/c1-8(2,6(13)7(16)17)18-3-5(15)14-4-9(10,11)12/h6H,3-4,13H2,1-2H3,(H,14,15)(H,16,17)/t6-/m0/s1. The van der Waals surface area contributed by atoms with Crippen LogP contribution in [0.3, 0.4) is 0 Å². The summed E-state index contributed by atoms with van der Waals surface area (Å²) in [6.45, 7) is 1.61. The Morgan fingerprint density at radius 2 is 1.89 bits per heavy atom. The molecule has 0 fully saturated rings. The van der Waals surface area contributed by atoms with Gasteiger partial charge in [0.25, 0.3) is 0 Å². The van der Waals surface area contributed by atoms with E-state index in [9.17, 15) is 22.8 Å². The summed E-state index contributed by atoms with van der Waals surface area (Å²) in [6, 6.07) is -1.21. The summed E-state index contributed by atoms with van der Waals surface area (Å²) < 4.78 is 34.5. The van der Waals surface area contributed by atoms with E-state index in [4.69, 9.17) is 10.8 Å². The Morgan fingerprint density at radius 1 is 1.39 bits per heavy atom. The van der Waals surface area contributed by atoms with Crippen LogP contribution in [0.5, 0.6) is 0 Å². The Bertz CT molecular complexity index is 321. The van der Waals surface area contributed by atoms with Gasteiger partial charge in [0.15, 0.2) is 0 Å². The SMILES string of the molecule is CC(C)(SCC(=O)NCC(F)(F)F)[C@@H](N)C(=O)O. The summed E-state index contributed by atoms with van der Waals surface area (Å²) in [5, 5.41) is 10.4. The minimum Gasteiger partial charge on any atom is -0.480 e. The van der Waals surface area contributed by atoms with Gasteiger partial charge in [0, 0.05) is 4.75 Å². The van der Waals surface area contributed by atoms with E-state index < -0.39 is 35.4 Å². The van der Waals surface area contributed by atoms with Gasteiger partial charge in [-0.15, -0.1) is 11.8 Å². The molecule has 0 radical (unpaired) electrons. The smallest absolute Gasteiger partial charge is 0.405 e. The molecule has 0 bridgehead atoms. The number of amides is 1. The van der Waals surface area contributed by atoms with Crippen molar-refractivity contribution < 1.29 is 27.9 Å². The lowest BCUT2D eigenvalue weighted by Crippen LogP contribution is -2.47. The number of rotatable bonds is 6. The molecular formula is C9H15F3N2O3S. The van der Waals surface area contributed by atoms with Crippen LogP contribution in [-0.2, 0) is 9.59 Å². The van der Waals surface area contributed by atoms with E-state index in [2.05, 4.69) is 0 Å². The lowest BCUT2D eigenvalue weighted by atomic mass is 10.1. The number of aliphatic carboxylic acids is 1. The number of nitrogens with one attached hydrogen (secondary N) is 1. The Labute approximate surface area is 106 Å². The lowest BCUT2D eigenvalue weighted by molar-refractivity contribution is -0.139. The zero-order valence-corrected chi connectivity index (χ0v) is 10.7. The molecule has 0 spiro atoms. The molecule has 106 valence electrons. The molecule has 0 saturated heterocycles. The molecule has 0 aliphatic heterocycles. The van der Waals surface area contributed by atoms with Crippen LogP contribution in [-0.4, -0.2) is 46.2 Å². The molecule has 0 saturated carbocycles. The van der Waals surface area contributed by atoms with Crippen LogP contribution in [0, 0.1) is 0 Å². The highest BCUT2D eigenvalue weighted by Crippen LogP contribution is 2.27. The molecule has 18 heavy (non-hydrogen) atoms. The van der Waals surface area contributed by atoms with E-state index in [-0.39, 0.29) is 5.75 Å². The van der Waals surface area contributed by atoms with Gasteiger partial charge in [-0.3, -0.25) is 9.59 Å². The summed E-state index contributed by atoms with van der Waals surface area (Å²) >= 11 is 0.889. The Kier molecular flexibility index (Phi) is 5.94. The van der Waals surface area contributed by atoms with Crippen molar-refractivity contribution in [1.82, 2.24) is 5.32 Å². The van der Waals surface area contributed by atoms with Crippen molar-refractivity contribution in [2.45, 2.75) is 30.8 Å². The van der Waals surface area contributed by atoms with Crippen LogP contribution in [0.1, 0.15) is 13.8 Å². The predicted octanol–water partition coefficient (Wildman–Crippen LogP) is 0.589. The number of hydrogen-bond donors (Lipinski definition) is 3. The van der Waals surface area contributed by atoms with Crippen LogP contribution in [0.15, 0.2) is 0 Å². The number of nitrogens with two attached hydrogens (primary N) is 1. The maximum absolute atomic E-state index is 11.8. The molecule has 1 amide bonds. The molecule has 0 heterocycles. The van der Waals surface area contributed by atoms with Crippen LogP contribution >= 0.6 is 11.8 Å². The number of halogens is 3. The summed E-state index contributed by atoms with van der Waals surface area (Å²) in [4.78, 5) is 21.8. The fourth-order valence-electron chi connectivity index (χ4n) is 0.889. The molecule has 4 N–H and O–H groups in total. The fraction of sp³-hybridized carbons (Fsp3) is 0.778. The molecule has 0 unspecified atom stereocenters. The summed E-state index contributed by atoms with van der Waals surface area (Å²) in [7, 11) is 0. The van der Waals surface area contributed by atoms with Crippen molar-refractivity contribution in [2.75, 3.05) is 12.3 Å². The average molecular weight is 288 g/mol. The molecule has 0 aliphatic rings. The van der Waals surface area contributed by atoms with Gasteiger partial charge in [0.05, 0.1) is 5.75 Å². The Hall–Kier alpha value is -0.960. The molecule has 0 aliphatic carbocycles. The predicted molar refractivity (Wildman–Crippen MR) is 61.2 cm³/mol. The number of thioether (sulfide) groups is 1. The van der Waals surface area contributed by atoms with Crippen molar-refractivity contribution in [3.05, 3.63) is 0 Å². The van der Waals surface area contributed by atoms with Gasteiger partial charge in [-0.05, 0) is 13.8 Å². The monoisotopic (exact) mass is 288 g/mol. The number of hydrogen-bond acceptors (Lipinski definition) is 4.